The van der Waals surface area contributed by atoms with Crippen LogP contribution in [-0.2, 0) is 25.6 Å². The second-order valence-corrected chi connectivity index (χ2v) is 11.6. The number of hydrogen-bond acceptors (Lipinski definition) is 7. The zero-order valence-corrected chi connectivity index (χ0v) is 23.4. The van der Waals surface area contributed by atoms with E-state index in [4.69, 9.17) is 20.6 Å². The third-order valence-electron chi connectivity index (χ3n) is 8.03. The Bertz CT molecular complexity index is 1550. The molecule has 41 heavy (non-hydrogen) atoms. The highest BCUT2D eigenvalue weighted by Crippen LogP contribution is 2.44. The number of benzene rings is 2. The second-order valence-electron chi connectivity index (χ2n) is 10.6. The molecule has 1 spiro atoms. The number of ether oxygens (including phenoxy) is 2. The van der Waals surface area contributed by atoms with E-state index in [1.807, 2.05) is 24.3 Å². The number of thiophene rings is 1. The topological polar surface area (TPSA) is 147 Å². The third kappa shape index (κ3) is 5.12. The molecule has 3 aromatic rings. The number of rotatable bonds is 7. The summed E-state index contributed by atoms with van der Waals surface area (Å²) < 4.78 is 11.6. The molecule has 2 aromatic carbocycles. The van der Waals surface area contributed by atoms with Crippen LogP contribution >= 0.6 is 11.3 Å². The number of hydrogen-bond donors (Lipinski definition) is 4. The van der Waals surface area contributed by atoms with Crippen molar-refractivity contribution in [1.82, 2.24) is 15.5 Å². The minimum Gasteiger partial charge on any atom is -0.384 e. The Morgan fingerprint density at radius 1 is 1.05 bits per heavy atom. The molecule has 3 aliphatic rings. The fraction of sp³-hybridized carbons (Fsp3) is 0.333. The van der Waals surface area contributed by atoms with E-state index in [2.05, 4.69) is 29.7 Å². The highest BCUT2D eigenvalue weighted by Gasteiger charge is 2.52. The first kappa shape index (κ1) is 27.1. The lowest BCUT2D eigenvalue weighted by Crippen LogP contribution is -2.49. The number of likely N-dealkylation sites (tertiary alicyclic amines) is 1. The summed E-state index contributed by atoms with van der Waals surface area (Å²) in [6.07, 6.45) is 0.198. The predicted octanol–water partition coefficient (Wildman–Crippen LogP) is 2.55. The number of amides is 3. The zero-order valence-electron chi connectivity index (χ0n) is 22.6. The largest absolute Gasteiger partial charge is 0.384 e. The first-order chi connectivity index (χ1) is 19.7. The molecule has 1 unspecified atom stereocenters. The lowest BCUT2D eigenvalue weighted by atomic mass is 9.98. The van der Waals surface area contributed by atoms with Crippen LogP contribution in [0.1, 0.15) is 51.2 Å². The van der Waals surface area contributed by atoms with Gasteiger partial charge in [0.25, 0.3) is 5.91 Å². The Morgan fingerprint density at radius 2 is 1.80 bits per heavy atom. The molecule has 2 aliphatic heterocycles. The van der Waals surface area contributed by atoms with Crippen molar-refractivity contribution in [2.75, 3.05) is 26.3 Å². The first-order valence-electron chi connectivity index (χ1n) is 13.5. The van der Waals surface area contributed by atoms with Crippen LogP contribution in [0.3, 0.4) is 0 Å². The van der Waals surface area contributed by atoms with Crippen molar-refractivity contribution in [2.24, 2.45) is 5.73 Å². The zero-order chi connectivity index (χ0) is 28.7. The maximum atomic E-state index is 13.4. The van der Waals surface area contributed by atoms with Gasteiger partial charge < -0.3 is 30.7 Å². The number of fused-ring (bicyclic) bond motifs is 3. The molecule has 1 aromatic heterocycles. The summed E-state index contributed by atoms with van der Waals surface area (Å²) in [4.78, 5) is 42.0. The van der Waals surface area contributed by atoms with Crippen LogP contribution in [0.25, 0.3) is 11.1 Å². The summed E-state index contributed by atoms with van der Waals surface area (Å²) >= 11 is 1.39. The Hall–Kier alpha value is -4.06. The fourth-order valence-electron chi connectivity index (χ4n) is 5.90. The van der Waals surface area contributed by atoms with Crippen molar-refractivity contribution in [1.29, 1.82) is 5.41 Å². The van der Waals surface area contributed by atoms with Gasteiger partial charge in [-0.1, -0.05) is 37.3 Å². The molecule has 5 N–H and O–H groups in total. The first-order valence-corrected chi connectivity index (χ1v) is 14.4. The molecular formula is C30H31N5O5S. The van der Waals surface area contributed by atoms with Crippen LogP contribution in [0.15, 0.2) is 53.9 Å². The lowest BCUT2D eigenvalue weighted by molar-refractivity contribution is -0.152. The molecular weight excluding hydrogens is 542 g/mol. The molecule has 0 radical (unpaired) electrons. The van der Waals surface area contributed by atoms with Gasteiger partial charge in [0.2, 0.25) is 11.8 Å². The van der Waals surface area contributed by atoms with E-state index in [-0.39, 0.29) is 49.6 Å². The average Bonchev–Trinajstić information content (AvgIpc) is 3.78. The molecule has 0 bridgehead atoms. The van der Waals surface area contributed by atoms with Crippen LogP contribution in [0.4, 0.5) is 0 Å². The van der Waals surface area contributed by atoms with Gasteiger partial charge >= 0.3 is 0 Å². The van der Waals surface area contributed by atoms with Gasteiger partial charge in [-0.25, -0.2) is 0 Å². The molecule has 6 rings (SSSR count). The molecule has 2 saturated heterocycles. The van der Waals surface area contributed by atoms with Gasteiger partial charge in [0.1, 0.15) is 11.9 Å². The summed E-state index contributed by atoms with van der Waals surface area (Å²) in [5.74, 6) is -1.92. The van der Waals surface area contributed by atoms with Crippen LogP contribution in [-0.4, -0.2) is 66.6 Å². The number of nitrogens with two attached hydrogens (primary N) is 1. The normalized spacial score (nSPS) is 20.1. The van der Waals surface area contributed by atoms with Crippen molar-refractivity contribution in [3.05, 3.63) is 81.0 Å². The third-order valence-corrected chi connectivity index (χ3v) is 8.97. The molecule has 212 valence electrons. The lowest BCUT2D eigenvalue weighted by Gasteiger charge is -2.24. The van der Waals surface area contributed by atoms with Crippen molar-refractivity contribution < 1.29 is 23.9 Å². The standard InChI is InChI=1S/C30H31N5O5S/c1-17-21-4-2-3-5-23(21)24-11-18(6-7-22(17)24)28(37)34-14-26(36)35-16-30(39-8-9-40-30)12-25(35)29(38)33-13-20-10-19(15-41-20)27(31)32/h2-7,10-11,15,17,25H,8-9,12-14,16H2,1H3,(H3,31,32)(H,33,38)(H,34,37)/t17?,25-/m0/s1. The van der Waals surface area contributed by atoms with Gasteiger partial charge in [0, 0.05) is 33.7 Å². The average molecular weight is 574 g/mol. The number of carbonyl (C=O) groups is 3. The SMILES string of the molecule is CC1c2ccccc2-c2cc(C(=O)NCC(=O)N3CC4(C[C@H]3C(=O)NCc3cc(C(=N)N)cs3)OCCO4)ccc21. The summed E-state index contributed by atoms with van der Waals surface area (Å²) in [7, 11) is 0. The molecule has 3 amide bonds. The molecule has 2 atom stereocenters. The van der Waals surface area contributed by atoms with Gasteiger partial charge in [-0.2, -0.15) is 0 Å². The molecule has 2 fully saturated rings. The molecule has 0 saturated carbocycles. The Labute approximate surface area is 241 Å². The molecule has 3 heterocycles. The number of carbonyl (C=O) groups excluding carboxylic acids is 3. The van der Waals surface area contributed by atoms with Gasteiger partial charge in [-0.15, -0.1) is 11.3 Å². The van der Waals surface area contributed by atoms with Gasteiger partial charge in [-0.05, 0) is 40.5 Å². The summed E-state index contributed by atoms with van der Waals surface area (Å²) in [5, 5.41) is 14.9. The summed E-state index contributed by atoms with van der Waals surface area (Å²) in [6, 6.07) is 14.7. The Balaban J connectivity index is 1.12. The van der Waals surface area contributed by atoms with Gasteiger partial charge in [-0.3, -0.25) is 19.8 Å². The highest BCUT2D eigenvalue weighted by molar-refractivity contribution is 7.10. The number of nitrogens with one attached hydrogen (secondary N) is 3. The molecule has 11 heteroatoms. The Morgan fingerprint density at radius 3 is 2.56 bits per heavy atom. The quantitative estimate of drug-likeness (QED) is 0.252. The fourth-order valence-corrected chi connectivity index (χ4v) is 6.73. The van der Waals surface area contributed by atoms with Crippen LogP contribution in [0.5, 0.6) is 0 Å². The van der Waals surface area contributed by atoms with Gasteiger partial charge in [0.05, 0.1) is 32.8 Å². The van der Waals surface area contributed by atoms with E-state index in [1.54, 1.807) is 17.5 Å². The maximum absolute atomic E-state index is 13.4. The van der Waals surface area contributed by atoms with Crippen molar-refractivity contribution >= 4 is 34.9 Å². The van der Waals surface area contributed by atoms with E-state index in [1.165, 1.54) is 27.4 Å². The summed E-state index contributed by atoms with van der Waals surface area (Å²) in [5.41, 5.74) is 11.2. The Kier molecular flexibility index (Phi) is 7.10. The minimum atomic E-state index is -1.03. The van der Waals surface area contributed by atoms with Crippen LogP contribution in [0.2, 0.25) is 0 Å². The minimum absolute atomic E-state index is 0.0369. The second kappa shape index (κ2) is 10.7. The number of amidine groups is 1. The molecule has 1 aliphatic carbocycles. The van der Waals surface area contributed by atoms with Crippen molar-refractivity contribution in [3.8, 4) is 11.1 Å². The van der Waals surface area contributed by atoms with Gasteiger partial charge in [0.15, 0.2) is 5.79 Å². The number of nitrogen functional groups attached to an aromatic ring is 1. The van der Waals surface area contributed by atoms with E-state index in [0.29, 0.717) is 24.3 Å². The van der Waals surface area contributed by atoms with E-state index >= 15 is 0 Å². The van der Waals surface area contributed by atoms with Crippen LogP contribution in [0, 0.1) is 5.41 Å². The van der Waals surface area contributed by atoms with Crippen LogP contribution < -0.4 is 16.4 Å². The number of nitrogens with zero attached hydrogens (tertiary/aromatic N) is 1. The van der Waals surface area contributed by atoms with E-state index in [0.717, 1.165) is 16.0 Å². The monoisotopic (exact) mass is 573 g/mol. The molecule has 10 nitrogen and oxygen atoms in total. The smallest absolute Gasteiger partial charge is 0.251 e. The highest BCUT2D eigenvalue weighted by atomic mass is 32.1. The summed E-state index contributed by atoms with van der Waals surface area (Å²) in [6.45, 7) is 2.99. The van der Waals surface area contributed by atoms with E-state index in [9.17, 15) is 14.4 Å². The predicted molar refractivity (Wildman–Crippen MR) is 154 cm³/mol. The van der Waals surface area contributed by atoms with E-state index < -0.39 is 17.7 Å². The van der Waals surface area contributed by atoms with Crippen molar-refractivity contribution in [2.45, 2.75) is 37.6 Å². The maximum Gasteiger partial charge on any atom is 0.251 e. The van der Waals surface area contributed by atoms with Crippen molar-refractivity contribution in [3.63, 3.8) is 0 Å².